The summed E-state index contributed by atoms with van der Waals surface area (Å²) in [6.07, 6.45) is 1.31. The molecule has 1 fully saturated rings. The highest BCUT2D eigenvalue weighted by Crippen LogP contribution is 2.10. The number of aryl methyl sites for hydroxylation is 2. The molecule has 1 aliphatic heterocycles. The van der Waals surface area contributed by atoms with Crippen molar-refractivity contribution in [1.82, 2.24) is 9.80 Å². The van der Waals surface area contributed by atoms with Crippen molar-refractivity contribution in [2.45, 2.75) is 32.7 Å². The number of nitrogens with zero attached hydrogens (tertiary/aromatic N) is 2. The fraction of sp³-hybridized carbons (Fsp3) is 0.529. The number of hydrogen-bond acceptors (Lipinski definition) is 3. The van der Waals surface area contributed by atoms with Gasteiger partial charge in [-0.05, 0) is 25.8 Å². The number of hydrogen-bond donors (Lipinski definition) is 1. The Morgan fingerprint density at radius 1 is 1.14 bits per heavy atom. The Hall–Kier alpha value is -1.88. The first-order chi connectivity index (χ1) is 10.5. The lowest BCUT2D eigenvalue weighted by molar-refractivity contribution is -0.133. The molecule has 5 nitrogen and oxygen atoms in total. The molecule has 22 heavy (non-hydrogen) atoms. The zero-order valence-corrected chi connectivity index (χ0v) is 13.4. The Balaban J connectivity index is 1.77. The topological polar surface area (TPSA) is 66.6 Å². The van der Waals surface area contributed by atoms with E-state index in [1.165, 1.54) is 11.1 Å². The highest BCUT2D eigenvalue weighted by atomic mass is 16.2. The number of amides is 2. The van der Waals surface area contributed by atoms with E-state index in [1.54, 1.807) is 0 Å². The van der Waals surface area contributed by atoms with E-state index >= 15 is 0 Å². The van der Waals surface area contributed by atoms with Crippen LogP contribution in [0.25, 0.3) is 0 Å². The molecule has 1 heterocycles. The van der Waals surface area contributed by atoms with Crippen LogP contribution in [0.15, 0.2) is 24.3 Å². The predicted octanol–water partition coefficient (Wildman–Crippen LogP) is 0.946. The van der Waals surface area contributed by atoms with Gasteiger partial charge >= 0.3 is 0 Å². The van der Waals surface area contributed by atoms with Crippen LogP contribution in [0, 0.1) is 6.92 Å². The Morgan fingerprint density at radius 2 is 1.73 bits per heavy atom. The fourth-order valence-corrected chi connectivity index (χ4v) is 2.70. The smallest absolute Gasteiger partial charge is 0.234 e. The van der Waals surface area contributed by atoms with E-state index in [0.717, 1.165) is 6.42 Å². The van der Waals surface area contributed by atoms with Crippen LogP contribution in [-0.4, -0.2) is 53.8 Å². The monoisotopic (exact) mass is 303 g/mol. The van der Waals surface area contributed by atoms with Gasteiger partial charge in [0, 0.05) is 32.6 Å². The largest absolute Gasteiger partial charge is 0.368 e. The second-order valence-electron chi connectivity index (χ2n) is 5.98. The summed E-state index contributed by atoms with van der Waals surface area (Å²) in [5, 5.41) is 0. The van der Waals surface area contributed by atoms with Crippen molar-refractivity contribution in [2.24, 2.45) is 5.73 Å². The summed E-state index contributed by atoms with van der Waals surface area (Å²) in [6.45, 7) is 6.63. The van der Waals surface area contributed by atoms with Gasteiger partial charge in [0.05, 0.1) is 6.04 Å². The molecule has 0 radical (unpaired) electrons. The van der Waals surface area contributed by atoms with Gasteiger partial charge in [0.2, 0.25) is 11.8 Å². The maximum Gasteiger partial charge on any atom is 0.234 e. The standard InChI is InChI=1S/C17H25N3O2/c1-13-3-5-15(6-4-13)7-8-16(21)20-11-9-19(10-12-20)14(2)17(18)22/h3-6,14H,7-12H2,1-2H3,(H2,18,22). The van der Waals surface area contributed by atoms with Crippen LogP contribution in [0.3, 0.4) is 0 Å². The lowest BCUT2D eigenvalue weighted by atomic mass is 10.1. The van der Waals surface area contributed by atoms with Crippen molar-refractivity contribution < 1.29 is 9.59 Å². The quantitative estimate of drug-likeness (QED) is 0.880. The van der Waals surface area contributed by atoms with Crippen LogP contribution >= 0.6 is 0 Å². The molecule has 0 aliphatic carbocycles. The van der Waals surface area contributed by atoms with Crippen molar-refractivity contribution in [3.63, 3.8) is 0 Å². The third kappa shape index (κ3) is 4.31. The molecular weight excluding hydrogens is 278 g/mol. The van der Waals surface area contributed by atoms with E-state index < -0.39 is 0 Å². The second-order valence-corrected chi connectivity index (χ2v) is 5.98. The number of rotatable bonds is 5. The van der Waals surface area contributed by atoms with Gasteiger partial charge < -0.3 is 10.6 Å². The zero-order chi connectivity index (χ0) is 16.1. The first kappa shape index (κ1) is 16.5. The predicted molar refractivity (Wildman–Crippen MR) is 86.3 cm³/mol. The SMILES string of the molecule is Cc1ccc(CCC(=O)N2CCN(C(C)C(N)=O)CC2)cc1. The van der Waals surface area contributed by atoms with Crippen LogP contribution < -0.4 is 5.73 Å². The average Bonchev–Trinajstić information content (AvgIpc) is 2.53. The van der Waals surface area contributed by atoms with E-state index in [0.29, 0.717) is 32.6 Å². The lowest BCUT2D eigenvalue weighted by Gasteiger charge is -2.37. The van der Waals surface area contributed by atoms with E-state index in [9.17, 15) is 9.59 Å². The fourth-order valence-electron chi connectivity index (χ4n) is 2.70. The van der Waals surface area contributed by atoms with Crippen LogP contribution in [0.2, 0.25) is 0 Å². The molecule has 1 aliphatic rings. The van der Waals surface area contributed by atoms with Crippen molar-refractivity contribution in [2.75, 3.05) is 26.2 Å². The molecule has 1 aromatic carbocycles. The van der Waals surface area contributed by atoms with Crippen LogP contribution in [0.1, 0.15) is 24.5 Å². The zero-order valence-electron chi connectivity index (χ0n) is 13.4. The minimum atomic E-state index is -0.306. The van der Waals surface area contributed by atoms with Gasteiger partial charge in [-0.1, -0.05) is 29.8 Å². The number of piperazine rings is 1. The Bertz CT molecular complexity index is 519. The van der Waals surface area contributed by atoms with Crippen molar-refractivity contribution in [3.05, 3.63) is 35.4 Å². The van der Waals surface area contributed by atoms with Crippen molar-refractivity contribution in [3.8, 4) is 0 Å². The first-order valence-corrected chi connectivity index (χ1v) is 7.84. The van der Waals surface area contributed by atoms with Gasteiger partial charge in [-0.15, -0.1) is 0 Å². The maximum absolute atomic E-state index is 12.3. The molecule has 0 spiro atoms. The van der Waals surface area contributed by atoms with E-state index in [2.05, 4.69) is 31.2 Å². The first-order valence-electron chi connectivity index (χ1n) is 7.84. The molecule has 120 valence electrons. The highest BCUT2D eigenvalue weighted by molar-refractivity contribution is 5.79. The Morgan fingerprint density at radius 3 is 2.27 bits per heavy atom. The van der Waals surface area contributed by atoms with Gasteiger partial charge in [-0.25, -0.2) is 0 Å². The van der Waals surface area contributed by atoms with E-state index in [4.69, 9.17) is 5.73 Å². The summed E-state index contributed by atoms with van der Waals surface area (Å²) in [4.78, 5) is 27.4. The number of carbonyl (C=O) groups excluding carboxylic acids is 2. The van der Waals surface area contributed by atoms with E-state index in [1.807, 2.05) is 16.7 Å². The summed E-state index contributed by atoms with van der Waals surface area (Å²) < 4.78 is 0. The normalized spacial score (nSPS) is 17.3. The average molecular weight is 303 g/mol. The van der Waals surface area contributed by atoms with Crippen LogP contribution in [0.5, 0.6) is 0 Å². The van der Waals surface area contributed by atoms with Gasteiger partial charge in [0.1, 0.15) is 0 Å². The minimum absolute atomic E-state index is 0.187. The molecule has 0 saturated carbocycles. The molecule has 0 aromatic heterocycles. The summed E-state index contributed by atoms with van der Waals surface area (Å²) in [7, 11) is 0. The second kappa shape index (κ2) is 7.40. The summed E-state index contributed by atoms with van der Waals surface area (Å²) in [5.41, 5.74) is 7.75. The summed E-state index contributed by atoms with van der Waals surface area (Å²) >= 11 is 0. The molecule has 1 unspecified atom stereocenters. The van der Waals surface area contributed by atoms with E-state index in [-0.39, 0.29) is 17.9 Å². The van der Waals surface area contributed by atoms with Gasteiger partial charge in [0.25, 0.3) is 0 Å². The van der Waals surface area contributed by atoms with Gasteiger partial charge in [0.15, 0.2) is 0 Å². The number of carbonyl (C=O) groups is 2. The highest BCUT2D eigenvalue weighted by Gasteiger charge is 2.25. The number of primary amides is 1. The van der Waals surface area contributed by atoms with Crippen molar-refractivity contribution >= 4 is 11.8 Å². The lowest BCUT2D eigenvalue weighted by Crippen LogP contribution is -2.54. The van der Waals surface area contributed by atoms with Gasteiger partial charge in [-0.3, -0.25) is 14.5 Å². The molecule has 0 bridgehead atoms. The maximum atomic E-state index is 12.3. The van der Waals surface area contributed by atoms with Gasteiger partial charge in [-0.2, -0.15) is 0 Å². The summed E-state index contributed by atoms with van der Waals surface area (Å²) in [5.74, 6) is -0.119. The molecule has 1 atom stereocenters. The summed E-state index contributed by atoms with van der Waals surface area (Å²) in [6, 6.07) is 8.04. The molecular formula is C17H25N3O2. The Labute approximate surface area is 132 Å². The third-order valence-electron chi connectivity index (χ3n) is 4.37. The van der Waals surface area contributed by atoms with Crippen molar-refractivity contribution in [1.29, 1.82) is 0 Å². The number of nitrogens with two attached hydrogens (primary N) is 1. The minimum Gasteiger partial charge on any atom is -0.368 e. The molecule has 1 aromatic rings. The molecule has 2 amide bonds. The number of benzene rings is 1. The molecule has 5 heteroatoms. The Kier molecular flexibility index (Phi) is 5.55. The van der Waals surface area contributed by atoms with Crippen LogP contribution in [0.4, 0.5) is 0 Å². The van der Waals surface area contributed by atoms with Crippen LogP contribution in [-0.2, 0) is 16.0 Å². The molecule has 2 N–H and O–H groups in total. The molecule has 1 saturated heterocycles. The molecule has 2 rings (SSSR count). The third-order valence-corrected chi connectivity index (χ3v) is 4.37.